The van der Waals surface area contributed by atoms with Gasteiger partial charge in [0.1, 0.15) is 0 Å². The highest BCUT2D eigenvalue weighted by Gasteiger charge is 2.05. The molecule has 0 bridgehead atoms. The summed E-state index contributed by atoms with van der Waals surface area (Å²) in [6.07, 6.45) is 3.22. The largest absolute Gasteiger partial charge is 0.263 e. The van der Waals surface area contributed by atoms with E-state index >= 15 is 0 Å². The number of rotatable bonds is 1. The van der Waals surface area contributed by atoms with Crippen LogP contribution < -0.4 is 0 Å². The van der Waals surface area contributed by atoms with Crippen LogP contribution in [0.4, 0.5) is 0 Å². The van der Waals surface area contributed by atoms with Crippen LogP contribution >= 0.6 is 0 Å². The molecule has 2 aromatic rings. The summed E-state index contributed by atoms with van der Waals surface area (Å²) >= 11 is 0. The van der Waals surface area contributed by atoms with Crippen LogP contribution in [0.2, 0.25) is 0 Å². The number of benzene rings is 1. The molecule has 1 aromatic carbocycles. The number of pyridine rings is 1. The summed E-state index contributed by atoms with van der Waals surface area (Å²) in [5.74, 6) is 0. The molecular formula is C13H6N3. The fourth-order valence-electron chi connectivity index (χ4n) is 1.43. The summed E-state index contributed by atoms with van der Waals surface area (Å²) in [6.45, 7) is 0. The van der Waals surface area contributed by atoms with E-state index in [4.69, 9.17) is 10.5 Å². The van der Waals surface area contributed by atoms with Gasteiger partial charge in [0.2, 0.25) is 0 Å². The lowest BCUT2D eigenvalue weighted by molar-refractivity contribution is 1.32. The van der Waals surface area contributed by atoms with E-state index in [1.807, 2.05) is 6.07 Å². The highest BCUT2D eigenvalue weighted by molar-refractivity contribution is 5.70. The second-order valence-corrected chi connectivity index (χ2v) is 3.16. The first-order valence-corrected chi connectivity index (χ1v) is 4.61. The van der Waals surface area contributed by atoms with Crippen molar-refractivity contribution < 1.29 is 0 Å². The van der Waals surface area contributed by atoms with Crippen molar-refractivity contribution in [1.29, 1.82) is 10.5 Å². The predicted molar refractivity (Wildman–Crippen MR) is 57.9 cm³/mol. The summed E-state index contributed by atoms with van der Waals surface area (Å²) in [5, 5.41) is 17.8. The van der Waals surface area contributed by atoms with Crippen LogP contribution in [-0.2, 0) is 0 Å². The maximum absolute atomic E-state index is 9.01. The summed E-state index contributed by atoms with van der Waals surface area (Å²) in [4.78, 5) is 3.95. The van der Waals surface area contributed by atoms with Crippen molar-refractivity contribution in [3.63, 3.8) is 0 Å². The van der Waals surface area contributed by atoms with Gasteiger partial charge < -0.3 is 0 Å². The van der Waals surface area contributed by atoms with Gasteiger partial charge in [-0.15, -0.1) is 0 Å². The SMILES string of the molecule is N#Cc1ccc(-c2c[c]cnc2)c(C#N)c1. The van der Waals surface area contributed by atoms with Crippen molar-refractivity contribution in [2.75, 3.05) is 0 Å². The molecule has 0 N–H and O–H groups in total. The van der Waals surface area contributed by atoms with Crippen molar-refractivity contribution in [2.45, 2.75) is 0 Å². The molecule has 1 aromatic heterocycles. The van der Waals surface area contributed by atoms with E-state index in [9.17, 15) is 0 Å². The number of nitriles is 2. The minimum Gasteiger partial charge on any atom is -0.263 e. The zero-order chi connectivity index (χ0) is 11.4. The van der Waals surface area contributed by atoms with Gasteiger partial charge in [0.25, 0.3) is 0 Å². The van der Waals surface area contributed by atoms with Crippen LogP contribution in [0.5, 0.6) is 0 Å². The zero-order valence-corrected chi connectivity index (χ0v) is 8.31. The fraction of sp³-hybridized carbons (Fsp3) is 0. The molecule has 0 unspecified atom stereocenters. The quantitative estimate of drug-likeness (QED) is 0.716. The third kappa shape index (κ3) is 1.75. The molecule has 1 radical (unpaired) electrons. The van der Waals surface area contributed by atoms with Crippen molar-refractivity contribution in [3.8, 4) is 23.3 Å². The minimum atomic E-state index is 0.473. The second kappa shape index (κ2) is 4.25. The predicted octanol–water partition coefficient (Wildman–Crippen LogP) is 2.29. The first-order valence-electron chi connectivity index (χ1n) is 4.61. The molecule has 0 saturated carbocycles. The Labute approximate surface area is 93.2 Å². The van der Waals surface area contributed by atoms with Crippen LogP contribution in [0.1, 0.15) is 11.1 Å². The van der Waals surface area contributed by atoms with E-state index in [2.05, 4.69) is 17.1 Å². The lowest BCUT2D eigenvalue weighted by Gasteiger charge is -2.03. The third-order valence-corrected chi connectivity index (χ3v) is 2.18. The molecule has 16 heavy (non-hydrogen) atoms. The smallest absolute Gasteiger partial charge is 0.0998 e. The Bertz CT molecular complexity index is 589. The summed E-state index contributed by atoms with van der Waals surface area (Å²) in [7, 11) is 0. The van der Waals surface area contributed by atoms with Crippen LogP contribution in [0.3, 0.4) is 0 Å². The van der Waals surface area contributed by atoms with E-state index in [1.165, 1.54) is 0 Å². The van der Waals surface area contributed by atoms with Gasteiger partial charge in [-0.2, -0.15) is 10.5 Å². The first-order chi connectivity index (χ1) is 7.85. The van der Waals surface area contributed by atoms with Crippen molar-refractivity contribution in [3.05, 3.63) is 53.9 Å². The molecule has 0 saturated heterocycles. The van der Waals surface area contributed by atoms with Gasteiger partial charge in [-0.3, -0.25) is 4.98 Å². The van der Waals surface area contributed by atoms with E-state index in [0.29, 0.717) is 11.1 Å². The van der Waals surface area contributed by atoms with Crippen molar-refractivity contribution in [2.24, 2.45) is 0 Å². The molecule has 0 atom stereocenters. The second-order valence-electron chi connectivity index (χ2n) is 3.16. The van der Waals surface area contributed by atoms with Gasteiger partial charge in [0, 0.05) is 29.6 Å². The molecule has 1 heterocycles. The van der Waals surface area contributed by atoms with Crippen molar-refractivity contribution in [1.82, 2.24) is 4.98 Å². The van der Waals surface area contributed by atoms with Gasteiger partial charge in [-0.1, -0.05) is 6.07 Å². The van der Waals surface area contributed by atoms with Crippen LogP contribution in [-0.4, -0.2) is 4.98 Å². The standard InChI is InChI=1S/C13H6N3/c14-7-10-3-4-13(12(6-10)8-15)11-2-1-5-16-9-11/h2-6,9H. The van der Waals surface area contributed by atoms with E-state index in [-0.39, 0.29) is 0 Å². The van der Waals surface area contributed by atoms with Crippen LogP contribution in [0.25, 0.3) is 11.1 Å². The van der Waals surface area contributed by atoms with E-state index < -0.39 is 0 Å². The van der Waals surface area contributed by atoms with Gasteiger partial charge in [-0.05, 0) is 18.2 Å². The lowest BCUT2D eigenvalue weighted by Crippen LogP contribution is -1.87. The number of nitrogens with zero attached hydrogens (tertiary/aromatic N) is 3. The number of hydrogen-bond donors (Lipinski definition) is 0. The first kappa shape index (κ1) is 9.89. The van der Waals surface area contributed by atoms with E-state index in [0.717, 1.165) is 11.1 Å². The molecule has 2 rings (SSSR count). The monoisotopic (exact) mass is 204 g/mol. The molecule has 0 fully saturated rings. The Morgan fingerprint density at radius 1 is 1.19 bits per heavy atom. The molecule has 73 valence electrons. The maximum atomic E-state index is 9.01. The summed E-state index contributed by atoms with van der Waals surface area (Å²) in [6, 6.07) is 13.7. The van der Waals surface area contributed by atoms with Crippen LogP contribution in [0.15, 0.2) is 36.7 Å². The molecular weight excluding hydrogens is 198 g/mol. The van der Waals surface area contributed by atoms with Gasteiger partial charge in [0.05, 0.1) is 23.3 Å². The summed E-state index contributed by atoms with van der Waals surface area (Å²) in [5.41, 5.74) is 2.54. The number of hydrogen-bond acceptors (Lipinski definition) is 3. The van der Waals surface area contributed by atoms with Crippen LogP contribution in [0, 0.1) is 28.7 Å². The fourth-order valence-corrected chi connectivity index (χ4v) is 1.43. The normalized spacial score (nSPS) is 9.12. The highest BCUT2D eigenvalue weighted by atomic mass is 14.6. The van der Waals surface area contributed by atoms with Gasteiger partial charge in [0.15, 0.2) is 0 Å². The van der Waals surface area contributed by atoms with E-state index in [1.54, 1.807) is 36.7 Å². The summed E-state index contributed by atoms with van der Waals surface area (Å²) < 4.78 is 0. The molecule has 0 amide bonds. The highest BCUT2D eigenvalue weighted by Crippen LogP contribution is 2.22. The molecule has 3 heteroatoms. The molecule has 0 aliphatic heterocycles. The maximum Gasteiger partial charge on any atom is 0.0998 e. The lowest BCUT2D eigenvalue weighted by atomic mass is 10.00. The molecule has 0 aliphatic carbocycles. The Kier molecular flexibility index (Phi) is 2.63. The Balaban J connectivity index is 2.60. The Morgan fingerprint density at radius 2 is 2.06 bits per heavy atom. The van der Waals surface area contributed by atoms with Crippen molar-refractivity contribution >= 4 is 0 Å². The molecule has 0 aliphatic rings. The average molecular weight is 204 g/mol. The van der Waals surface area contributed by atoms with Gasteiger partial charge >= 0.3 is 0 Å². The zero-order valence-electron chi connectivity index (χ0n) is 8.31. The Morgan fingerprint density at radius 3 is 2.69 bits per heavy atom. The average Bonchev–Trinajstić information content (AvgIpc) is 2.39. The topological polar surface area (TPSA) is 60.5 Å². The molecule has 0 spiro atoms. The number of aromatic nitrogens is 1. The Hall–Kier alpha value is -2.65. The third-order valence-electron chi connectivity index (χ3n) is 2.18. The minimum absolute atomic E-state index is 0.473. The van der Waals surface area contributed by atoms with Gasteiger partial charge in [-0.25, -0.2) is 0 Å². The molecule has 3 nitrogen and oxygen atoms in total.